The Kier molecular flexibility index (Phi) is 17.9. The van der Waals surface area contributed by atoms with Crippen molar-refractivity contribution in [3.63, 3.8) is 0 Å². The Balaban J connectivity index is 0.000000126. The second kappa shape index (κ2) is 25.3. The minimum Gasteiger partial charge on any atom is -0.340 e. The number of benzene rings is 6. The van der Waals surface area contributed by atoms with Crippen LogP contribution in [-0.4, -0.2) is 119 Å². The minimum atomic E-state index is -4.33. The van der Waals surface area contributed by atoms with Gasteiger partial charge < -0.3 is 40.0 Å². The number of piperazine rings is 2. The molecule has 6 aliphatic rings. The number of halogens is 3. The second-order valence-electron chi connectivity index (χ2n) is 19.4. The van der Waals surface area contributed by atoms with Crippen molar-refractivity contribution in [2.24, 2.45) is 0 Å². The third-order valence-electron chi connectivity index (χ3n) is 14.5. The van der Waals surface area contributed by atoms with E-state index in [0.717, 1.165) is 80.8 Å². The first-order chi connectivity index (χ1) is 35.9. The van der Waals surface area contributed by atoms with Crippen LogP contribution >= 0.6 is 35.3 Å². The number of hydrogen-bond acceptors (Lipinski definition) is 11. The summed E-state index contributed by atoms with van der Waals surface area (Å²) in [5.41, 5.74) is 6.52. The molecule has 0 unspecified atom stereocenters. The summed E-state index contributed by atoms with van der Waals surface area (Å²) in [6, 6.07) is 47.2. The number of fused-ring (bicyclic) bond motifs is 6. The van der Waals surface area contributed by atoms with Crippen LogP contribution in [0.1, 0.15) is 44.1 Å². The Morgan fingerprint density at radius 2 is 0.671 bits per heavy atom. The van der Waals surface area contributed by atoms with Gasteiger partial charge in [0.05, 0.1) is 39.7 Å². The number of nitrogens with zero attached hydrogens (tertiary/aromatic N) is 6. The molecule has 0 saturated carbocycles. The number of nitrogens with one attached hydrogen (secondary N) is 2. The van der Waals surface area contributed by atoms with E-state index >= 15 is 0 Å². The third kappa shape index (κ3) is 13.3. The summed E-state index contributed by atoms with van der Waals surface area (Å²) >= 11 is 5.32. The Hall–Kier alpha value is -4.64. The summed E-state index contributed by atoms with van der Waals surface area (Å²) in [5.74, 6) is 0. The van der Waals surface area contributed by atoms with Gasteiger partial charge in [0.15, 0.2) is 0 Å². The summed E-state index contributed by atoms with van der Waals surface area (Å²) in [6.45, 7) is 17.5. The van der Waals surface area contributed by atoms with E-state index < -0.39 is 11.7 Å². The van der Waals surface area contributed by atoms with Gasteiger partial charge in [0.2, 0.25) is 0 Å². The SMILES string of the molecule is FC(F)(F)c1ccc2c(c1)N(CCCN1CCNCC1)c1ccccc1S2.c1ccc2c(c1)Sc1ccccc1N2CCCN1CCCCC1.c1ccc2c(c1)Sc1ccccc1N2CCCN1CCNCC1. The van der Waals surface area contributed by atoms with Gasteiger partial charge in [0.1, 0.15) is 0 Å². The number of rotatable bonds is 12. The maximum absolute atomic E-state index is 13.2. The van der Waals surface area contributed by atoms with E-state index in [1.807, 2.05) is 47.8 Å². The van der Waals surface area contributed by atoms with E-state index in [4.69, 9.17) is 0 Å². The lowest BCUT2D eigenvalue weighted by Gasteiger charge is -2.34. The van der Waals surface area contributed by atoms with Crippen LogP contribution in [0.25, 0.3) is 0 Å². The Labute approximate surface area is 444 Å². The molecule has 6 heterocycles. The standard InChI is InChI=1S/C20H22F3N3S.C20H24N2S.C19H23N3S/c21-20(22,23)15-6-7-19-17(14-15)26(16-4-1-2-5-18(16)27-19)11-3-10-25-12-8-24-9-13-25;1-6-13-21(14-7-1)15-8-16-22-17-9-2-4-11-19(17)23-20-12-5-3-10-18(20)22;1-3-8-18-16(6-1)22(17-7-2-4-9-19(17)23-18)13-5-12-21-14-10-20-11-15-21/h1-2,4-7,14,24H,3,8-13H2;2-5,9-12H,1,6-8,13-16H2;1-4,6-9,20H,5,10-15H2. The molecule has 73 heavy (non-hydrogen) atoms. The molecule has 3 fully saturated rings. The lowest BCUT2D eigenvalue weighted by Crippen LogP contribution is -2.44. The van der Waals surface area contributed by atoms with Gasteiger partial charge >= 0.3 is 6.18 Å². The fourth-order valence-corrected chi connectivity index (χ4v) is 14.0. The van der Waals surface area contributed by atoms with Crippen LogP contribution in [0, 0.1) is 0 Å². The molecule has 0 aromatic heterocycles. The average molecular weight is 1040 g/mol. The largest absolute Gasteiger partial charge is 0.416 e. The molecule has 8 nitrogen and oxygen atoms in total. The van der Waals surface area contributed by atoms with Crippen molar-refractivity contribution >= 4 is 69.4 Å². The van der Waals surface area contributed by atoms with Crippen molar-refractivity contribution in [3.8, 4) is 0 Å². The first-order valence-corrected chi connectivity index (χ1v) is 28.9. The summed E-state index contributed by atoms with van der Waals surface area (Å²) in [6.07, 6.45) is 3.19. The van der Waals surface area contributed by atoms with Crippen molar-refractivity contribution in [2.75, 3.05) is 119 Å². The molecule has 0 amide bonds. The minimum absolute atomic E-state index is 0.590. The molecule has 6 aromatic carbocycles. The molecule has 384 valence electrons. The molecular weight excluding hydrogens is 974 g/mol. The van der Waals surface area contributed by atoms with Gasteiger partial charge in [-0.25, -0.2) is 0 Å². The highest BCUT2D eigenvalue weighted by atomic mass is 32.2. The fourth-order valence-electron chi connectivity index (χ4n) is 10.7. The van der Waals surface area contributed by atoms with Crippen LogP contribution in [0.4, 0.5) is 47.3 Å². The molecule has 0 radical (unpaired) electrons. The van der Waals surface area contributed by atoms with E-state index in [2.05, 4.69) is 137 Å². The number of likely N-dealkylation sites (tertiary alicyclic amines) is 1. The lowest BCUT2D eigenvalue weighted by molar-refractivity contribution is -0.137. The molecule has 12 rings (SSSR count). The fraction of sp³-hybridized carbons (Fsp3) is 0.390. The molecule has 3 saturated heterocycles. The Bertz CT molecular complexity index is 2510. The maximum Gasteiger partial charge on any atom is 0.416 e. The molecular formula is C59H69F3N8S3. The van der Waals surface area contributed by atoms with Crippen LogP contribution in [0.3, 0.4) is 0 Å². The van der Waals surface area contributed by atoms with Crippen LogP contribution < -0.4 is 25.3 Å². The predicted molar refractivity (Wildman–Crippen MR) is 300 cm³/mol. The van der Waals surface area contributed by atoms with Gasteiger partial charge in [0.25, 0.3) is 0 Å². The predicted octanol–water partition coefficient (Wildman–Crippen LogP) is 13.4. The molecule has 0 bridgehead atoms. The van der Waals surface area contributed by atoms with Gasteiger partial charge in [-0.15, -0.1) is 0 Å². The molecule has 2 N–H and O–H groups in total. The van der Waals surface area contributed by atoms with Gasteiger partial charge in [-0.1, -0.05) is 102 Å². The van der Waals surface area contributed by atoms with Crippen LogP contribution in [-0.2, 0) is 6.18 Å². The number of hydrogen-bond donors (Lipinski definition) is 2. The van der Waals surface area contributed by atoms with Gasteiger partial charge in [-0.05, 0) is 144 Å². The first-order valence-electron chi connectivity index (χ1n) is 26.5. The average Bonchev–Trinajstić information content (AvgIpc) is 3.43. The van der Waals surface area contributed by atoms with E-state index in [1.54, 1.807) is 6.07 Å². The van der Waals surface area contributed by atoms with Crippen molar-refractivity contribution < 1.29 is 13.2 Å². The Morgan fingerprint density at radius 3 is 1.03 bits per heavy atom. The third-order valence-corrected chi connectivity index (χ3v) is 17.8. The molecule has 0 spiro atoms. The van der Waals surface area contributed by atoms with Crippen LogP contribution in [0.15, 0.2) is 169 Å². The van der Waals surface area contributed by atoms with Gasteiger partial charge in [0, 0.05) is 101 Å². The Morgan fingerprint density at radius 1 is 0.356 bits per heavy atom. The van der Waals surface area contributed by atoms with E-state index in [0.29, 0.717) is 12.2 Å². The van der Waals surface area contributed by atoms with Crippen molar-refractivity contribution in [2.45, 2.75) is 74.1 Å². The topological polar surface area (TPSA) is 43.5 Å². The zero-order chi connectivity index (χ0) is 49.8. The van der Waals surface area contributed by atoms with Gasteiger partial charge in [-0.3, -0.25) is 0 Å². The summed E-state index contributed by atoms with van der Waals surface area (Å²) in [5, 5.41) is 6.77. The van der Waals surface area contributed by atoms with Crippen LogP contribution in [0.2, 0.25) is 0 Å². The van der Waals surface area contributed by atoms with E-state index in [-0.39, 0.29) is 0 Å². The molecule has 14 heteroatoms. The zero-order valence-corrected chi connectivity index (χ0v) is 44.3. The number of anilines is 6. The number of alkyl halides is 3. The summed E-state index contributed by atoms with van der Waals surface area (Å²) in [7, 11) is 0. The molecule has 0 atom stereocenters. The first kappa shape index (κ1) is 51.8. The highest BCUT2D eigenvalue weighted by Gasteiger charge is 2.33. The highest BCUT2D eigenvalue weighted by molar-refractivity contribution is 8.00. The van der Waals surface area contributed by atoms with Crippen molar-refractivity contribution in [1.82, 2.24) is 25.3 Å². The molecule has 6 aliphatic heterocycles. The molecule has 0 aliphatic carbocycles. The smallest absolute Gasteiger partial charge is 0.340 e. The lowest BCUT2D eigenvalue weighted by atomic mass is 10.1. The van der Waals surface area contributed by atoms with E-state index in [1.165, 1.54) is 138 Å². The normalized spacial score (nSPS) is 17.6. The number of piperidine rings is 1. The van der Waals surface area contributed by atoms with Gasteiger partial charge in [-0.2, -0.15) is 13.2 Å². The summed E-state index contributed by atoms with van der Waals surface area (Å²) in [4.78, 5) is 22.2. The van der Waals surface area contributed by atoms with E-state index in [9.17, 15) is 13.2 Å². The quantitative estimate of drug-likeness (QED) is 0.123. The van der Waals surface area contributed by atoms with Crippen molar-refractivity contribution in [3.05, 3.63) is 145 Å². The maximum atomic E-state index is 13.2. The highest BCUT2D eigenvalue weighted by Crippen LogP contribution is 2.51. The van der Waals surface area contributed by atoms with Crippen LogP contribution in [0.5, 0.6) is 0 Å². The summed E-state index contributed by atoms with van der Waals surface area (Å²) < 4.78 is 39.7. The second-order valence-corrected chi connectivity index (χ2v) is 22.7. The number of para-hydroxylation sites is 5. The monoisotopic (exact) mass is 1040 g/mol. The van der Waals surface area contributed by atoms with Crippen molar-refractivity contribution in [1.29, 1.82) is 0 Å². The molecule has 6 aromatic rings. The zero-order valence-electron chi connectivity index (χ0n) is 41.9.